The summed E-state index contributed by atoms with van der Waals surface area (Å²) >= 11 is 7.74. The third-order valence-corrected chi connectivity index (χ3v) is 5.76. The zero-order chi connectivity index (χ0) is 17.2. The quantitative estimate of drug-likeness (QED) is 0.648. The lowest BCUT2D eigenvalue weighted by molar-refractivity contribution is -0.138. The number of hydrogen-bond acceptors (Lipinski definition) is 2. The highest BCUT2D eigenvalue weighted by Gasteiger charge is 2.32. The topological polar surface area (TPSA) is 12.0 Å². The number of benzene rings is 2. The van der Waals surface area contributed by atoms with Gasteiger partial charge in [0.2, 0.25) is 0 Å². The van der Waals surface area contributed by atoms with Gasteiger partial charge >= 0.3 is 6.18 Å². The maximum Gasteiger partial charge on any atom is 0.416 e. The molecule has 1 N–H and O–H groups in total. The molecule has 1 heterocycles. The van der Waals surface area contributed by atoms with E-state index in [-0.39, 0.29) is 23.7 Å². The number of nitrogens with one attached hydrogen (secondary N) is 1. The Morgan fingerprint density at radius 2 is 1.76 bits per heavy atom. The maximum atomic E-state index is 13.1. The maximum absolute atomic E-state index is 13.1. The molecule has 0 unspecified atom stereocenters. The summed E-state index contributed by atoms with van der Waals surface area (Å²) in [6.07, 6.45) is -2.57. The van der Waals surface area contributed by atoms with Gasteiger partial charge in [0.15, 0.2) is 0 Å². The van der Waals surface area contributed by atoms with E-state index in [9.17, 15) is 13.2 Å². The van der Waals surface area contributed by atoms with E-state index in [1.54, 1.807) is 6.07 Å². The predicted octanol–water partition coefficient (Wildman–Crippen LogP) is 5.76. The van der Waals surface area contributed by atoms with Crippen molar-refractivity contribution in [1.29, 1.82) is 0 Å². The number of fused-ring (bicyclic) bond motifs is 1. The average Bonchev–Trinajstić information content (AvgIpc) is 2.79. The molecule has 136 valence electrons. The second-order valence-electron chi connectivity index (χ2n) is 5.71. The molecule has 0 aromatic heterocycles. The van der Waals surface area contributed by atoms with Gasteiger partial charge < -0.3 is 5.32 Å². The lowest BCUT2D eigenvalue weighted by Gasteiger charge is -2.16. The molecule has 2 aromatic rings. The monoisotopic (exact) mass is 407 g/mol. The predicted molar refractivity (Wildman–Crippen MR) is 100.0 cm³/mol. The van der Waals surface area contributed by atoms with Crippen molar-refractivity contribution in [2.24, 2.45) is 0 Å². The van der Waals surface area contributed by atoms with Crippen LogP contribution in [0.1, 0.15) is 22.3 Å². The van der Waals surface area contributed by atoms with E-state index in [0.29, 0.717) is 5.02 Å². The number of alkyl halides is 3. The van der Waals surface area contributed by atoms with Gasteiger partial charge in [-0.05, 0) is 54.8 Å². The van der Waals surface area contributed by atoms with E-state index in [0.717, 1.165) is 36.9 Å². The molecule has 0 bridgehead atoms. The van der Waals surface area contributed by atoms with Gasteiger partial charge in [0.05, 0.1) is 10.6 Å². The molecule has 0 spiro atoms. The second-order valence-corrected chi connectivity index (χ2v) is 7.10. The van der Waals surface area contributed by atoms with Crippen LogP contribution in [0.3, 0.4) is 0 Å². The summed E-state index contributed by atoms with van der Waals surface area (Å²) in [5.74, 6) is 0.249. The van der Waals surface area contributed by atoms with Crippen molar-refractivity contribution in [1.82, 2.24) is 5.32 Å². The Kier molecular flexibility index (Phi) is 7.09. The third-order valence-electron chi connectivity index (χ3n) is 4.13. The molecule has 25 heavy (non-hydrogen) atoms. The first kappa shape index (κ1) is 20.4. The summed E-state index contributed by atoms with van der Waals surface area (Å²) < 4.78 is 39.4. The summed E-state index contributed by atoms with van der Waals surface area (Å²) in [5, 5.41) is 3.96. The van der Waals surface area contributed by atoms with Gasteiger partial charge in [-0.25, -0.2) is 0 Å². The first-order valence-corrected chi connectivity index (χ1v) is 9.12. The molecular weight excluding hydrogens is 390 g/mol. The minimum atomic E-state index is -4.33. The van der Waals surface area contributed by atoms with E-state index in [2.05, 4.69) is 5.32 Å². The van der Waals surface area contributed by atoms with Crippen LogP contribution in [-0.4, -0.2) is 13.1 Å². The smallest absolute Gasteiger partial charge is 0.316 e. The zero-order valence-electron chi connectivity index (χ0n) is 13.3. The molecule has 1 aliphatic heterocycles. The molecule has 0 saturated heterocycles. The van der Waals surface area contributed by atoms with Gasteiger partial charge in [0.25, 0.3) is 0 Å². The number of halogens is 5. The Morgan fingerprint density at radius 1 is 1.04 bits per heavy atom. The third kappa shape index (κ3) is 4.85. The van der Waals surface area contributed by atoms with Gasteiger partial charge in [-0.3, -0.25) is 0 Å². The molecule has 0 fully saturated rings. The lowest BCUT2D eigenvalue weighted by Crippen LogP contribution is -2.16. The summed E-state index contributed by atoms with van der Waals surface area (Å²) in [5.41, 5.74) is 2.12. The van der Waals surface area contributed by atoms with Crippen LogP contribution in [0.25, 0.3) is 0 Å². The fourth-order valence-corrected chi connectivity index (χ4v) is 4.44. The van der Waals surface area contributed by atoms with Crippen LogP contribution in [0.5, 0.6) is 0 Å². The summed E-state index contributed by atoms with van der Waals surface area (Å²) in [6, 6.07) is 9.61. The molecule has 0 radical (unpaired) electrons. The van der Waals surface area contributed by atoms with Crippen molar-refractivity contribution >= 4 is 35.8 Å². The van der Waals surface area contributed by atoms with Gasteiger partial charge in [-0.15, -0.1) is 24.2 Å². The molecule has 0 atom stereocenters. The minimum Gasteiger partial charge on any atom is -0.316 e. The number of hydrogen-bond donors (Lipinski definition) is 1. The molecule has 7 heteroatoms. The molecule has 1 nitrogen and oxygen atoms in total. The SMILES string of the molecule is Cl.FC(F)(F)c1ccccc1CSc1c(Cl)ccc2c1CCNCC2. The summed E-state index contributed by atoms with van der Waals surface area (Å²) in [4.78, 5) is 0.912. The first-order valence-electron chi connectivity index (χ1n) is 7.75. The molecule has 3 rings (SSSR count). The van der Waals surface area contributed by atoms with E-state index in [1.807, 2.05) is 12.1 Å². The van der Waals surface area contributed by atoms with Gasteiger partial charge in [0, 0.05) is 10.6 Å². The van der Waals surface area contributed by atoms with Gasteiger partial charge in [-0.2, -0.15) is 13.2 Å². The van der Waals surface area contributed by atoms with Crippen molar-refractivity contribution in [3.63, 3.8) is 0 Å². The van der Waals surface area contributed by atoms with Gasteiger partial charge in [0.1, 0.15) is 0 Å². The molecule has 0 aliphatic carbocycles. The molecule has 1 aliphatic rings. The van der Waals surface area contributed by atoms with E-state index < -0.39 is 11.7 Å². The van der Waals surface area contributed by atoms with Crippen LogP contribution in [0, 0.1) is 0 Å². The first-order chi connectivity index (χ1) is 11.5. The second kappa shape index (κ2) is 8.67. The average molecular weight is 408 g/mol. The zero-order valence-corrected chi connectivity index (χ0v) is 15.7. The standard InChI is InChI=1S/C18H17ClF3NS.ClH/c19-16-6-5-12-7-9-23-10-8-14(12)17(16)24-11-13-3-1-2-4-15(13)18(20,21)22;/h1-6,23H,7-11H2;1H. The summed E-state index contributed by atoms with van der Waals surface area (Å²) in [7, 11) is 0. The van der Waals surface area contributed by atoms with Crippen LogP contribution in [0.2, 0.25) is 5.02 Å². The van der Waals surface area contributed by atoms with Crippen molar-refractivity contribution in [2.45, 2.75) is 29.7 Å². The van der Waals surface area contributed by atoms with Crippen LogP contribution < -0.4 is 5.32 Å². The Hall–Kier alpha value is -0.880. The van der Waals surface area contributed by atoms with E-state index >= 15 is 0 Å². The van der Waals surface area contributed by atoms with Crippen LogP contribution >= 0.6 is 35.8 Å². The minimum absolute atomic E-state index is 0. The van der Waals surface area contributed by atoms with Crippen molar-refractivity contribution in [3.8, 4) is 0 Å². The molecular formula is C18H18Cl2F3NS. The van der Waals surface area contributed by atoms with Crippen molar-refractivity contribution < 1.29 is 13.2 Å². The number of thioether (sulfide) groups is 1. The molecule has 2 aromatic carbocycles. The highest BCUT2D eigenvalue weighted by Crippen LogP contribution is 2.39. The fraction of sp³-hybridized carbons (Fsp3) is 0.333. The van der Waals surface area contributed by atoms with Crippen LogP contribution in [-0.2, 0) is 24.8 Å². The Morgan fingerprint density at radius 3 is 2.52 bits per heavy atom. The summed E-state index contributed by atoms with van der Waals surface area (Å²) in [6.45, 7) is 1.77. The molecule has 0 amide bonds. The van der Waals surface area contributed by atoms with E-state index in [1.165, 1.54) is 35.0 Å². The van der Waals surface area contributed by atoms with Gasteiger partial charge in [-0.1, -0.05) is 35.9 Å². The van der Waals surface area contributed by atoms with E-state index in [4.69, 9.17) is 11.6 Å². The largest absolute Gasteiger partial charge is 0.416 e. The lowest BCUT2D eigenvalue weighted by atomic mass is 10.0. The Bertz CT molecular complexity index is 735. The highest BCUT2D eigenvalue weighted by atomic mass is 35.5. The fourth-order valence-electron chi connectivity index (χ4n) is 2.94. The van der Waals surface area contributed by atoms with Crippen LogP contribution in [0.15, 0.2) is 41.3 Å². The Labute approximate surface area is 160 Å². The van der Waals surface area contributed by atoms with Crippen molar-refractivity contribution in [3.05, 3.63) is 63.7 Å². The normalized spacial score (nSPS) is 14.4. The van der Waals surface area contributed by atoms with Crippen LogP contribution in [0.4, 0.5) is 13.2 Å². The van der Waals surface area contributed by atoms with Crippen molar-refractivity contribution in [2.75, 3.05) is 13.1 Å². The molecule has 0 saturated carbocycles. The number of rotatable bonds is 3. The highest BCUT2D eigenvalue weighted by molar-refractivity contribution is 7.98. The Balaban J connectivity index is 0.00000225.